The summed E-state index contributed by atoms with van der Waals surface area (Å²) in [5.74, 6) is 4.66. The zero-order valence-corrected chi connectivity index (χ0v) is 16.2. The van der Waals surface area contributed by atoms with Crippen LogP contribution in [-0.4, -0.2) is 86.4 Å². The van der Waals surface area contributed by atoms with Crippen LogP contribution in [0.4, 0.5) is 0 Å². The Kier molecular flexibility index (Phi) is 8.93. The zero-order chi connectivity index (χ0) is 16.4. The second-order valence-electron chi connectivity index (χ2n) is 6.18. The lowest BCUT2D eigenvalue weighted by Gasteiger charge is -2.43. The molecule has 2 fully saturated rings. The Morgan fingerprint density at radius 1 is 1.30 bits per heavy atom. The van der Waals surface area contributed by atoms with E-state index in [0.717, 1.165) is 45.4 Å². The molecule has 0 aliphatic carbocycles. The quantitative estimate of drug-likeness (QED) is 0.389. The van der Waals surface area contributed by atoms with Gasteiger partial charge in [0.1, 0.15) is 0 Å². The summed E-state index contributed by atoms with van der Waals surface area (Å²) in [4.78, 5) is 7.02. The van der Waals surface area contributed by atoms with E-state index in [1.807, 2.05) is 18.8 Å². The maximum Gasteiger partial charge on any atom is 0.191 e. The van der Waals surface area contributed by atoms with Gasteiger partial charge in [-0.3, -0.25) is 9.89 Å². The molecular formula is C16H32N4OS2. The van der Waals surface area contributed by atoms with Gasteiger partial charge in [-0.15, -0.1) is 0 Å². The maximum atomic E-state index is 5.53. The van der Waals surface area contributed by atoms with E-state index in [0.29, 0.717) is 0 Å². The van der Waals surface area contributed by atoms with Gasteiger partial charge in [0.25, 0.3) is 0 Å². The van der Waals surface area contributed by atoms with Crippen molar-refractivity contribution in [2.45, 2.75) is 24.8 Å². The lowest BCUT2D eigenvalue weighted by atomic mass is 9.95. The molecule has 5 nitrogen and oxygen atoms in total. The van der Waals surface area contributed by atoms with Crippen LogP contribution >= 0.6 is 23.5 Å². The molecule has 2 N–H and O–H groups in total. The van der Waals surface area contributed by atoms with Crippen molar-refractivity contribution in [2.24, 2.45) is 4.99 Å². The Bertz CT molecular complexity index is 356. The highest BCUT2D eigenvalue weighted by atomic mass is 32.2. The molecule has 2 aliphatic heterocycles. The van der Waals surface area contributed by atoms with E-state index < -0.39 is 0 Å². The number of guanidine groups is 1. The van der Waals surface area contributed by atoms with Gasteiger partial charge in [-0.1, -0.05) is 0 Å². The number of rotatable bonds is 8. The van der Waals surface area contributed by atoms with Gasteiger partial charge in [0.2, 0.25) is 0 Å². The molecule has 0 aromatic heterocycles. The van der Waals surface area contributed by atoms with Gasteiger partial charge in [0, 0.05) is 44.5 Å². The normalized spacial score (nSPS) is 26.4. The van der Waals surface area contributed by atoms with Crippen LogP contribution < -0.4 is 10.6 Å². The van der Waals surface area contributed by atoms with Crippen molar-refractivity contribution >= 4 is 29.5 Å². The van der Waals surface area contributed by atoms with E-state index in [4.69, 9.17) is 4.74 Å². The lowest BCUT2D eigenvalue weighted by molar-refractivity contribution is -0.0120. The van der Waals surface area contributed by atoms with Gasteiger partial charge in [0.15, 0.2) is 5.96 Å². The molecule has 0 saturated carbocycles. The first-order valence-electron chi connectivity index (χ1n) is 8.65. The second kappa shape index (κ2) is 10.7. The Morgan fingerprint density at radius 2 is 2.13 bits per heavy atom. The van der Waals surface area contributed by atoms with Crippen LogP contribution in [0.1, 0.15) is 19.3 Å². The summed E-state index contributed by atoms with van der Waals surface area (Å²) in [6.07, 6.45) is 5.89. The Morgan fingerprint density at radius 3 is 2.78 bits per heavy atom. The molecule has 134 valence electrons. The number of nitrogens with one attached hydrogen (secondary N) is 2. The van der Waals surface area contributed by atoms with E-state index >= 15 is 0 Å². The molecule has 1 unspecified atom stereocenters. The highest BCUT2D eigenvalue weighted by molar-refractivity contribution is 7.99. The molecule has 2 aliphatic rings. The van der Waals surface area contributed by atoms with Crippen molar-refractivity contribution in [3.63, 3.8) is 0 Å². The molecule has 0 bridgehead atoms. The maximum absolute atomic E-state index is 5.53. The average Bonchev–Trinajstić information content (AvgIpc) is 3.08. The van der Waals surface area contributed by atoms with E-state index in [-0.39, 0.29) is 5.54 Å². The molecule has 1 atom stereocenters. The van der Waals surface area contributed by atoms with Crippen molar-refractivity contribution in [3.8, 4) is 0 Å². The van der Waals surface area contributed by atoms with Crippen molar-refractivity contribution in [2.75, 3.05) is 70.0 Å². The first kappa shape index (κ1) is 19.2. The number of hydrogen-bond donors (Lipinski definition) is 2. The second-order valence-corrected chi connectivity index (χ2v) is 8.27. The van der Waals surface area contributed by atoms with Crippen molar-refractivity contribution in [1.82, 2.24) is 15.5 Å². The number of nitrogens with zero attached hydrogens (tertiary/aromatic N) is 2. The Labute approximate surface area is 149 Å². The Balaban J connectivity index is 1.78. The van der Waals surface area contributed by atoms with Crippen LogP contribution in [0.2, 0.25) is 0 Å². The summed E-state index contributed by atoms with van der Waals surface area (Å²) in [6.45, 7) is 5.83. The standard InChI is InChI=1S/C16H32N4OS2/c1-17-15(18-6-3-4-11-22-2)19-13-16(5-12-23-14-16)20-7-9-21-10-8-20/h3-14H2,1-2H3,(H2,17,18,19). The minimum Gasteiger partial charge on any atom is -0.379 e. The molecule has 23 heavy (non-hydrogen) atoms. The van der Waals surface area contributed by atoms with Gasteiger partial charge >= 0.3 is 0 Å². The van der Waals surface area contributed by atoms with Crippen LogP contribution in [0.15, 0.2) is 4.99 Å². The fraction of sp³-hybridized carbons (Fsp3) is 0.938. The molecule has 0 aromatic rings. The summed E-state index contributed by atoms with van der Waals surface area (Å²) >= 11 is 3.99. The van der Waals surface area contributed by atoms with E-state index in [1.165, 1.54) is 36.5 Å². The molecule has 7 heteroatoms. The van der Waals surface area contributed by atoms with E-state index in [9.17, 15) is 0 Å². The highest BCUT2D eigenvalue weighted by Crippen LogP contribution is 2.33. The summed E-state index contributed by atoms with van der Waals surface area (Å²) in [5.41, 5.74) is 0.269. The number of unbranched alkanes of at least 4 members (excludes halogenated alkanes) is 1. The van der Waals surface area contributed by atoms with Crippen LogP contribution in [0.5, 0.6) is 0 Å². The fourth-order valence-electron chi connectivity index (χ4n) is 3.18. The SMILES string of the molecule is CN=C(NCCCCSC)NCC1(N2CCOCC2)CCSC1. The van der Waals surface area contributed by atoms with Crippen LogP contribution in [0.3, 0.4) is 0 Å². The third-order valence-corrected chi connectivity index (χ3v) is 6.57. The number of ether oxygens (including phenoxy) is 1. The molecule has 0 radical (unpaired) electrons. The highest BCUT2D eigenvalue weighted by Gasteiger charge is 2.40. The first-order valence-corrected chi connectivity index (χ1v) is 11.2. The van der Waals surface area contributed by atoms with Gasteiger partial charge < -0.3 is 15.4 Å². The average molecular weight is 361 g/mol. The van der Waals surface area contributed by atoms with E-state index in [2.05, 4.69) is 38.5 Å². The third-order valence-electron chi connectivity index (χ3n) is 4.64. The van der Waals surface area contributed by atoms with Gasteiger partial charge in [-0.2, -0.15) is 23.5 Å². The summed E-state index contributed by atoms with van der Waals surface area (Å²) in [5, 5.41) is 7.03. The molecule has 0 spiro atoms. The van der Waals surface area contributed by atoms with Gasteiger partial charge in [-0.25, -0.2) is 0 Å². The monoisotopic (exact) mass is 360 g/mol. The number of hydrogen-bond acceptors (Lipinski definition) is 5. The predicted octanol–water partition coefficient (Wildman–Crippen LogP) is 1.50. The lowest BCUT2D eigenvalue weighted by Crippen LogP contribution is -2.60. The van der Waals surface area contributed by atoms with Crippen molar-refractivity contribution < 1.29 is 4.74 Å². The topological polar surface area (TPSA) is 48.9 Å². The zero-order valence-electron chi connectivity index (χ0n) is 14.6. The first-order chi connectivity index (χ1) is 11.3. The van der Waals surface area contributed by atoms with Crippen LogP contribution in [0.25, 0.3) is 0 Å². The smallest absolute Gasteiger partial charge is 0.191 e. The molecule has 2 rings (SSSR count). The third kappa shape index (κ3) is 6.03. The van der Waals surface area contributed by atoms with Gasteiger partial charge in [0.05, 0.1) is 13.2 Å². The molecular weight excluding hydrogens is 328 g/mol. The number of thioether (sulfide) groups is 2. The molecule has 0 aromatic carbocycles. The summed E-state index contributed by atoms with van der Waals surface area (Å²) < 4.78 is 5.53. The molecule has 0 amide bonds. The van der Waals surface area contributed by atoms with Gasteiger partial charge in [-0.05, 0) is 37.0 Å². The Hall–Kier alpha value is -0.110. The predicted molar refractivity (Wildman–Crippen MR) is 104 cm³/mol. The fourth-order valence-corrected chi connectivity index (χ4v) is 5.15. The molecule has 2 saturated heterocycles. The van der Waals surface area contributed by atoms with E-state index in [1.54, 1.807) is 0 Å². The molecule has 2 heterocycles. The summed E-state index contributed by atoms with van der Waals surface area (Å²) in [7, 11) is 1.86. The minimum atomic E-state index is 0.269. The van der Waals surface area contributed by atoms with Crippen LogP contribution in [0, 0.1) is 0 Å². The summed E-state index contributed by atoms with van der Waals surface area (Å²) in [6, 6.07) is 0. The van der Waals surface area contributed by atoms with Crippen molar-refractivity contribution in [1.29, 1.82) is 0 Å². The number of aliphatic imine (C=N–C) groups is 1. The van der Waals surface area contributed by atoms with Crippen molar-refractivity contribution in [3.05, 3.63) is 0 Å². The number of morpholine rings is 1. The van der Waals surface area contributed by atoms with Crippen LogP contribution in [-0.2, 0) is 4.74 Å². The minimum absolute atomic E-state index is 0.269. The largest absolute Gasteiger partial charge is 0.379 e.